The molecule has 1 N–H and O–H groups in total. The van der Waals surface area contributed by atoms with E-state index in [1.54, 1.807) is 8.61 Å². The third kappa shape index (κ3) is 2.45. The molecule has 92 valence electrons. The van der Waals surface area contributed by atoms with Crippen LogP contribution in [0.5, 0.6) is 0 Å². The molecule has 0 radical (unpaired) electrons. The molecule has 0 aromatic rings. The highest BCUT2D eigenvalue weighted by molar-refractivity contribution is 7.86. The first-order valence-corrected chi connectivity index (χ1v) is 7.12. The highest BCUT2D eigenvalue weighted by Crippen LogP contribution is 2.16. The largest absolute Gasteiger partial charge is 0.314 e. The van der Waals surface area contributed by atoms with Gasteiger partial charge in [0, 0.05) is 39.3 Å². The molecule has 0 aliphatic carbocycles. The van der Waals surface area contributed by atoms with Crippen molar-refractivity contribution in [2.45, 2.75) is 13.3 Å². The molecule has 0 aromatic heterocycles. The van der Waals surface area contributed by atoms with Gasteiger partial charge in [-0.25, -0.2) is 0 Å². The zero-order valence-corrected chi connectivity index (χ0v) is 10.5. The maximum absolute atomic E-state index is 12.3. The fourth-order valence-corrected chi connectivity index (χ4v) is 3.79. The van der Waals surface area contributed by atoms with Crippen molar-refractivity contribution in [2.24, 2.45) is 0 Å². The Balaban J connectivity index is 2.09. The second-order valence-corrected chi connectivity index (χ2v) is 6.26. The first kappa shape index (κ1) is 12.0. The van der Waals surface area contributed by atoms with E-state index in [-0.39, 0.29) is 0 Å². The smallest absolute Gasteiger partial charge is 0.282 e. The van der Waals surface area contributed by atoms with Crippen LogP contribution in [0.1, 0.15) is 13.3 Å². The summed E-state index contributed by atoms with van der Waals surface area (Å²) in [5.74, 6) is 0. The average molecular weight is 245 g/mol. The zero-order chi connectivity index (χ0) is 11.6. The Kier molecular flexibility index (Phi) is 3.63. The predicted octanol–water partition coefficient (Wildman–Crippen LogP) is -0.212. The second kappa shape index (κ2) is 4.83. The highest BCUT2D eigenvalue weighted by Gasteiger charge is 2.31. The third-order valence-corrected chi connectivity index (χ3v) is 5.01. The number of rotatable bonds is 2. The Morgan fingerprint density at radius 2 is 1.88 bits per heavy atom. The molecule has 1 saturated heterocycles. The van der Waals surface area contributed by atoms with Crippen LogP contribution in [0.4, 0.5) is 0 Å². The Bertz CT molecular complexity index is 372. The summed E-state index contributed by atoms with van der Waals surface area (Å²) >= 11 is 0. The minimum Gasteiger partial charge on any atom is -0.314 e. The predicted molar refractivity (Wildman–Crippen MR) is 63.3 cm³/mol. The van der Waals surface area contributed by atoms with Gasteiger partial charge in [0.15, 0.2) is 0 Å². The highest BCUT2D eigenvalue weighted by atomic mass is 32.2. The molecule has 0 atom stereocenters. The maximum Gasteiger partial charge on any atom is 0.282 e. The normalized spacial score (nSPS) is 25.4. The molecular formula is C10H19N3O2S. The van der Waals surface area contributed by atoms with Crippen molar-refractivity contribution < 1.29 is 8.42 Å². The Hall–Kier alpha value is -0.430. The van der Waals surface area contributed by atoms with E-state index in [2.05, 4.69) is 11.4 Å². The van der Waals surface area contributed by atoms with Crippen molar-refractivity contribution in [1.29, 1.82) is 0 Å². The third-order valence-electron chi connectivity index (χ3n) is 3.03. The van der Waals surface area contributed by atoms with Crippen molar-refractivity contribution in [3.8, 4) is 0 Å². The molecule has 0 saturated carbocycles. The average Bonchev–Trinajstić information content (AvgIpc) is 2.30. The summed E-state index contributed by atoms with van der Waals surface area (Å²) in [6, 6.07) is 0. The van der Waals surface area contributed by atoms with Gasteiger partial charge < -0.3 is 5.32 Å². The monoisotopic (exact) mass is 245 g/mol. The number of hydrogen-bond acceptors (Lipinski definition) is 3. The molecule has 2 rings (SSSR count). The van der Waals surface area contributed by atoms with Crippen LogP contribution in [0.3, 0.4) is 0 Å². The van der Waals surface area contributed by atoms with Gasteiger partial charge >= 0.3 is 0 Å². The Labute approximate surface area is 97.3 Å². The first-order valence-electron chi connectivity index (χ1n) is 5.72. The van der Waals surface area contributed by atoms with E-state index in [9.17, 15) is 8.42 Å². The van der Waals surface area contributed by atoms with Gasteiger partial charge in [-0.2, -0.15) is 17.0 Å². The number of nitrogens with one attached hydrogen (secondary N) is 1. The zero-order valence-electron chi connectivity index (χ0n) is 9.65. The van der Waals surface area contributed by atoms with Crippen molar-refractivity contribution >= 4 is 10.2 Å². The summed E-state index contributed by atoms with van der Waals surface area (Å²) in [5.41, 5.74) is 1.14. The standard InChI is InChI=1S/C10H19N3O2S/c1-10-3-2-6-13(9-10)16(14,15)12-7-4-11-5-8-12/h3,11H,2,4-9H2,1H3. The number of piperazine rings is 1. The van der Waals surface area contributed by atoms with E-state index >= 15 is 0 Å². The fraction of sp³-hybridized carbons (Fsp3) is 0.800. The molecule has 0 unspecified atom stereocenters. The molecule has 6 heteroatoms. The van der Waals surface area contributed by atoms with E-state index in [0.717, 1.165) is 25.1 Å². The van der Waals surface area contributed by atoms with E-state index in [1.165, 1.54) is 0 Å². The summed E-state index contributed by atoms with van der Waals surface area (Å²) in [7, 11) is -3.23. The van der Waals surface area contributed by atoms with Crippen molar-refractivity contribution in [3.63, 3.8) is 0 Å². The fourth-order valence-electron chi connectivity index (χ4n) is 2.11. The number of hydrogen-bond donors (Lipinski definition) is 1. The van der Waals surface area contributed by atoms with E-state index < -0.39 is 10.2 Å². The minimum absolute atomic E-state index is 0.548. The molecule has 5 nitrogen and oxygen atoms in total. The lowest BCUT2D eigenvalue weighted by Gasteiger charge is -2.33. The van der Waals surface area contributed by atoms with Gasteiger partial charge in [0.2, 0.25) is 0 Å². The molecule has 2 aliphatic heterocycles. The van der Waals surface area contributed by atoms with Crippen molar-refractivity contribution in [2.75, 3.05) is 39.3 Å². The van der Waals surface area contributed by atoms with Gasteiger partial charge in [-0.1, -0.05) is 11.6 Å². The second-order valence-electron chi connectivity index (χ2n) is 4.33. The van der Waals surface area contributed by atoms with Crippen LogP contribution in [-0.2, 0) is 10.2 Å². The molecular weight excluding hydrogens is 226 g/mol. The minimum atomic E-state index is -3.23. The molecule has 16 heavy (non-hydrogen) atoms. The maximum atomic E-state index is 12.3. The molecule has 0 bridgehead atoms. The SMILES string of the molecule is CC1=CCCN(S(=O)(=O)N2CCNCC2)C1. The topological polar surface area (TPSA) is 52.7 Å². The molecule has 2 aliphatic rings. The first-order chi connectivity index (χ1) is 7.60. The van der Waals surface area contributed by atoms with Crippen LogP contribution in [0.25, 0.3) is 0 Å². The lowest BCUT2D eigenvalue weighted by Crippen LogP contribution is -2.52. The Morgan fingerprint density at radius 1 is 1.19 bits per heavy atom. The molecule has 0 spiro atoms. The lowest BCUT2D eigenvalue weighted by atomic mass is 10.2. The van der Waals surface area contributed by atoms with Crippen LogP contribution in [0.2, 0.25) is 0 Å². The van der Waals surface area contributed by atoms with Gasteiger partial charge in [0.05, 0.1) is 0 Å². The van der Waals surface area contributed by atoms with Crippen LogP contribution >= 0.6 is 0 Å². The lowest BCUT2D eigenvalue weighted by molar-refractivity contribution is 0.315. The van der Waals surface area contributed by atoms with E-state index in [4.69, 9.17) is 0 Å². The Morgan fingerprint density at radius 3 is 2.50 bits per heavy atom. The van der Waals surface area contributed by atoms with E-state index in [1.807, 2.05) is 6.92 Å². The van der Waals surface area contributed by atoms with Crippen molar-refractivity contribution in [3.05, 3.63) is 11.6 Å². The summed E-state index contributed by atoms with van der Waals surface area (Å²) in [6.45, 7) is 5.82. The molecule has 2 heterocycles. The van der Waals surface area contributed by atoms with Crippen LogP contribution < -0.4 is 5.32 Å². The van der Waals surface area contributed by atoms with Gasteiger partial charge in [-0.3, -0.25) is 0 Å². The summed E-state index contributed by atoms with van der Waals surface area (Å²) in [4.78, 5) is 0. The quantitative estimate of drug-likeness (QED) is 0.685. The van der Waals surface area contributed by atoms with Gasteiger partial charge in [-0.05, 0) is 13.3 Å². The van der Waals surface area contributed by atoms with Gasteiger partial charge in [0.25, 0.3) is 10.2 Å². The molecule has 0 amide bonds. The van der Waals surface area contributed by atoms with Crippen molar-refractivity contribution in [1.82, 2.24) is 13.9 Å². The molecule has 1 fully saturated rings. The van der Waals surface area contributed by atoms with Gasteiger partial charge in [0.1, 0.15) is 0 Å². The summed E-state index contributed by atoms with van der Waals surface area (Å²) < 4.78 is 27.7. The van der Waals surface area contributed by atoms with E-state index in [0.29, 0.717) is 26.2 Å². The van der Waals surface area contributed by atoms with Crippen LogP contribution in [0, 0.1) is 0 Å². The van der Waals surface area contributed by atoms with Crippen LogP contribution in [-0.4, -0.2) is 56.3 Å². The van der Waals surface area contributed by atoms with Crippen LogP contribution in [0.15, 0.2) is 11.6 Å². The summed E-state index contributed by atoms with van der Waals surface area (Å²) in [5, 5.41) is 3.16. The summed E-state index contributed by atoms with van der Waals surface area (Å²) in [6.07, 6.45) is 2.95. The number of nitrogens with zero attached hydrogens (tertiary/aromatic N) is 2. The van der Waals surface area contributed by atoms with Gasteiger partial charge in [-0.15, -0.1) is 0 Å². The molecule has 0 aromatic carbocycles.